The van der Waals surface area contributed by atoms with Gasteiger partial charge in [0.1, 0.15) is 0 Å². The molecular formula is C15H30N4O. The lowest BCUT2D eigenvalue weighted by molar-refractivity contribution is 0.151. The number of likely N-dealkylation sites (tertiary alicyclic amines) is 1. The number of carbonyl (C=O) groups is 1. The first-order valence-electron chi connectivity index (χ1n) is 7.94. The van der Waals surface area contributed by atoms with Gasteiger partial charge in [0.05, 0.1) is 0 Å². The van der Waals surface area contributed by atoms with E-state index in [0.717, 1.165) is 38.6 Å². The Balaban J connectivity index is 1.69. The molecule has 2 fully saturated rings. The molecule has 0 spiro atoms. The number of nitrogens with zero attached hydrogens (tertiary/aromatic N) is 2. The number of hydrogen-bond donors (Lipinski definition) is 2. The maximum Gasteiger partial charge on any atom is 0.317 e. The van der Waals surface area contributed by atoms with Gasteiger partial charge in [-0.25, -0.2) is 4.79 Å². The van der Waals surface area contributed by atoms with E-state index in [0.29, 0.717) is 0 Å². The highest BCUT2D eigenvalue weighted by atomic mass is 16.2. The molecule has 5 heteroatoms. The van der Waals surface area contributed by atoms with E-state index in [9.17, 15) is 4.79 Å². The third kappa shape index (κ3) is 4.94. The van der Waals surface area contributed by atoms with E-state index in [2.05, 4.69) is 36.3 Å². The Labute approximate surface area is 123 Å². The van der Waals surface area contributed by atoms with Gasteiger partial charge in [-0.05, 0) is 52.6 Å². The number of piperidine rings is 1. The van der Waals surface area contributed by atoms with Crippen LogP contribution in [-0.2, 0) is 0 Å². The van der Waals surface area contributed by atoms with Crippen molar-refractivity contribution >= 4 is 6.03 Å². The number of rotatable bonds is 5. The van der Waals surface area contributed by atoms with Crippen LogP contribution in [0.15, 0.2) is 0 Å². The number of carbonyl (C=O) groups excluding carboxylic acids is 1. The fourth-order valence-corrected chi connectivity index (χ4v) is 2.96. The van der Waals surface area contributed by atoms with Gasteiger partial charge in [0.25, 0.3) is 0 Å². The minimum absolute atomic E-state index is 0.105. The lowest BCUT2D eigenvalue weighted by Crippen LogP contribution is -2.46. The number of nitrogens with one attached hydrogen (secondary N) is 2. The molecule has 0 aromatic rings. The van der Waals surface area contributed by atoms with Gasteiger partial charge in [-0.2, -0.15) is 0 Å². The molecule has 2 aliphatic heterocycles. The zero-order valence-electron chi connectivity index (χ0n) is 13.2. The predicted octanol–water partition coefficient (Wildman–Crippen LogP) is 1.11. The zero-order chi connectivity index (χ0) is 14.6. The molecule has 2 saturated heterocycles. The summed E-state index contributed by atoms with van der Waals surface area (Å²) >= 11 is 0. The van der Waals surface area contributed by atoms with Crippen LogP contribution in [0.2, 0.25) is 0 Å². The molecule has 1 atom stereocenters. The van der Waals surface area contributed by atoms with Gasteiger partial charge >= 0.3 is 6.03 Å². The van der Waals surface area contributed by atoms with Crippen molar-refractivity contribution in [2.24, 2.45) is 5.92 Å². The maximum absolute atomic E-state index is 11.5. The van der Waals surface area contributed by atoms with Crippen LogP contribution in [0.25, 0.3) is 0 Å². The van der Waals surface area contributed by atoms with Gasteiger partial charge in [0.15, 0.2) is 0 Å². The quantitative estimate of drug-likeness (QED) is 0.794. The van der Waals surface area contributed by atoms with E-state index in [1.807, 2.05) is 4.90 Å². The van der Waals surface area contributed by atoms with Gasteiger partial charge in [-0.1, -0.05) is 0 Å². The summed E-state index contributed by atoms with van der Waals surface area (Å²) in [4.78, 5) is 16.0. The fraction of sp³-hybridized carbons (Fsp3) is 0.933. The van der Waals surface area contributed by atoms with Crippen molar-refractivity contribution in [2.75, 3.05) is 45.8 Å². The van der Waals surface area contributed by atoms with Crippen molar-refractivity contribution in [3.63, 3.8) is 0 Å². The first-order chi connectivity index (χ1) is 9.44. The second-order valence-electron chi connectivity index (χ2n) is 7.16. The van der Waals surface area contributed by atoms with Crippen molar-refractivity contribution < 1.29 is 4.79 Å². The number of hydrogen-bond acceptors (Lipinski definition) is 3. The Hall–Kier alpha value is -0.810. The molecule has 1 unspecified atom stereocenters. The number of amides is 2. The largest absolute Gasteiger partial charge is 0.336 e. The standard InChI is InChI=1S/C15H30N4O/c1-15(2,3)17-11-13-5-4-7-18(12-13)9-10-19-8-6-16-14(19)20/h13,17H,4-12H2,1-3H3,(H,16,20). The lowest BCUT2D eigenvalue weighted by Gasteiger charge is -2.35. The van der Waals surface area contributed by atoms with E-state index >= 15 is 0 Å². The van der Waals surface area contributed by atoms with Crippen molar-refractivity contribution in [3.8, 4) is 0 Å². The van der Waals surface area contributed by atoms with Crippen molar-refractivity contribution in [3.05, 3.63) is 0 Å². The van der Waals surface area contributed by atoms with Crippen LogP contribution >= 0.6 is 0 Å². The minimum atomic E-state index is 0.105. The van der Waals surface area contributed by atoms with E-state index in [1.165, 1.54) is 25.9 Å². The average Bonchev–Trinajstić information content (AvgIpc) is 2.79. The Morgan fingerprint density at radius 3 is 2.75 bits per heavy atom. The van der Waals surface area contributed by atoms with Crippen LogP contribution in [0.3, 0.4) is 0 Å². The summed E-state index contributed by atoms with van der Waals surface area (Å²) in [5.74, 6) is 0.746. The summed E-state index contributed by atoms with van der Waals surface area (Å²) in [5.41, 5.74) is 0.204. The van der Waals surface area contributed by atoms with Crippen LogP contribution in [0.5, 0.6) is 0 Å². The van der Waals surface area contributed by atoms with Crippen LogP contribution in [0.1, 0.15) is 33.6 Å². The summed E-state index contributed by atoms with van der Waals surface area (Å²) in [6, 6.07) is 0.105. The summed E-state index contributed by atoms with van der Waals surface area (Å²) in [6.07, 6.45) is 2.60. The van der Waals surface area contributed by atoms with Gasteiger partial charge in [-0.15, -0.1) is 0 Å². The number of urea groups is 1. The highest BCUT2D eigenvalue weighted by Gasteiger charge is 2.24. The summed E-state index contributed by atoms with van der Waals surface area (Å²) in [6.45, 7) is 13.7. The summed E-state index contributed by atoms with van der Waals surface area (Å²) in [7, 11) is 0. The second kappa shape index (κ2) is 6.76. The molecule has 0 aliphatic carbocycles. The van der Waals surface area contributed by atoms with Crippen LogP contribution in [0, 0.1) is 5.92 Å². The van der Waals surface area contributed by atoms with E-state index in [4.69, 9.17) is 0 Å². The fourth-order valence-electron chi connectivity index (χ4n) is 2.96. The van der Waals surface area contributed by atoms with Crippen LogP contribution in [0.4, 0.5) is 4.79 Å². The Morgan fingerprint density at radius 2 is 2.10 bits per heavy atom. The van der Waals surface area contributed by atoms with Gasteiger partial charge in [0, 0.05) is 38.3 Å². The predicted molar refractivity (Wildman–Crippen MR) is 81.9 cm³/mol. The summed E-state index contributed by atoms with van der Waals surface area (Å²) < 4.78 is 0. The Kier molecular flexibility index (Phi) is 5.27. The van der Waals surface area contributed by atoms with Gasteiger partial charge < -0.3 is 20.4 Å². The van der Waals surface area contributed by atoms with Gasteiger partial charge in [-0.3, -0.25) is 0 Å². The topological polar surface area (TPSA) is 47.6 Å². The third-order valence-corrected chi connectivity index (χ3v) is 4.16. The molecule has 0 saturated carbocycles. The molecule has 5 nitrogen and oxygen atoms in total. The Morgan fingerprint density at radius 1 is 1.30 bits per heavy atom. The molecule has 116 valence electrons. The first-order valence-corrected chi connectivity index (χ1v) is 7.94. The molecule has 2 amide bonds. The first kappa shape index (κ1) is 15.6. The smallest absolute Gasteiger partial charge is 0.317 e. The highest BCUT2D eigenvalue weighted by Crippen LogP contribution is 2.16. The van der Waals surface area contributed by atoms with Crippen LogP contribution < -0.4 is 10.6 Å². The average molecular weight is 282 g/mol. The molecule has 0 bridgehead atoms. The maximum atomic E-state index is 11.5. The normalized spacial score (nSPS) is 25.1. The van der Waals surface area contributed by atoms with Crippen molar-refractivity contribution in [1.82, 2.24) is 20.4 Å². The van der Waals surface area contributed by atoms with Gasteiger partial charge in [0.2, 0.25) is 0 Å². The summed E-state index contributed by atoms with van der Waals surface area (Å²) in [5, 5.41) is 6.48. The van der Waals surface area contributed by atoms with Crippen molar-refractivity contribution in [1.29, 1.82) is 0 Å². The highest BCUT2D eigenvalue weighted by molar-refractivity contribution is 5.76. The monoisotopic (exact) mass is 282 g/mol. The molecule has 20 heavy (non-hydrogen) atoms. The third-order valence-electron chi connectivity index (χ3n) is 4.16. The SMILES string of the molecule is CC(C)(C)NCC1CCCN(CCN2CCNC2=O)C1. The minimum Gasteiger partial charge on any atom is -0.336 e. The zero-order valence-corrected chi connectivity index (χ0v) is 13.2. The molecule has 2 rings (SSSR count). The Bertz CT molecular complexity index is 326. The van der Waals surface area contributed by atoms with E-state index in [-0.39, 0.29) is 11.6 Å². The van der Waals surface area contributed by atoms with E-state index in [1.54, 1.807) is 0 Å². The second-order valence-corrected chi connectivity index (χ2v) is 7.16. The molecule has 0 aromatic carbocycles. The molecule has 0 radical (unpaired) electrons. The van der Waals surface area contributed by atoms with Crippen LogP contribution in [-0.4, -0.2) is 67.2 Å². The molecule has 2 aliphatic rings. The molecule has 2 heterocycles. The molecule has 0 aromatic heterocycles. The van der Waals surface area contributed by atoms with Crippen molar-refractivity contribution in [2.45, 2.75) is 39.2 Å². The molecule has 2 N–H and O–H groups in total. The van der Waals surface area contributed by atoms with E-state index < -0.39 is 0 Å². The lowest BCUT2D eigenvalue weighted by atomic mass is 9.96. The molecular weight excluding hydrogens is 252 g/mol.